The molecular weight excluding hydrogens is 373 g/mol. The first-order valence-corrected chi connectivity index (χ1v) is 9.09. The molecule has 4 rings (SSSR count). The summed E-state index contributed by atoms with van der Waals surface area (Å²) in [4.78, 5) is 24.9. The van der Waals surface area contributed by atoms with E-state index in [2.05, 4.69) is 0 Å². The van der Waals surface area contributed by atoms with Gasteiger partial charge in [0.2, 0.25) is 0 Å². The van der Waals surface area contributed by atoms with Crippen molar-refractivity contribution in [2.24, 2.45) is 0 Å². The molecule has 146 valence electrons. The number of carboxylic acids is 1. The van der Waals surface area contributed by atoms with E-state index in [1.807, 2.05) is 48.5 Å². The molecule has 0 saturated carbocycles. The molecule has 0 unspecified atom stereocenters. The summed E-state index contributed by atoms with van der Waals surface area (Å²) in [6.07, 6.45) is -0.820. The average molecular weight is 391 g/mol. The molecule has 0 radical (unpaired) electrons. The van der Waals surface area contributed by atoms with Gasteiger partial charge >= 0.3 is 12.1 Å². The molecule has 0 atom stereocenters. The van der Waals surface area contributed by atoms with Crippen LogP contribution in [0.5, 0.6) is 0 Å². The molecule has 0 fully saturated rings. The first-order valence-electron chi connectivity index (χ1n) is 9.09. The number of aromatic carboxylic acids is 1. The largest absolute Gasteiger partial charge is 0.478 e. The number of rotatable bonds is 4. The fourth-order valence-electron chi connectivity index (χ4n) is 3.81. The zero-order valence-corrected chi connectivity index (χ0v) is 15.6. The summed E-state index contributed by atoms with van der Waals surface area (Å²) in [5, 5.41) is 9.30. The minimum absolute atomic E-state index is 0.0635. The van der Waals surface area contributed by atoms with E-state index >= 15 is 0 Å². The van der Waals surface area contributed by atoms with Crippen molar-refractivity contribution in [2.45, 2.75) is 5.92 Å². The van der Waals surface area contributed by atoms with Gasteiger partial charge in [0.15, 0.2) is 0 Å². The number of carbonyl (C=O) groups is 2. The van der Waals surface area contributed by atoms with E-state index in [1.165, 1.54) is 19.2 Å². The van der Waals surface area contributed by atoms with Crippen LogP contribution in [0.15, 0.2) is 66.7 Å². The third-order valence-corrected chi connectivity index (χ3v) is 5.16. The van der Waals surface area contributed by atoms with Crippen molar-refractivity contribution in [3.05, 3.63) is 89.2 Å². The number of para-hydroxylation sites is 1. The summed E-state index contributed by atoms with van der Waals surface area (Å²) in [5.74, 6) is -2.27. The highest BCUT2D eigenvalue weighted by molar-refractivity contribution is 5.99. The number of fused-ring (bicyclic) bond motifs is 3. The second-order valence-corrected chi connectivity index (χ2v) is 6.80. The van der Waals surface area contributed by atoms with Gasteiger partial charge in [0.1, 0.15) is 12.4 Å². The van der Waals surface area contributed by atoms with Gasteiger partial charge in [-0.1, -0.05) is 54.6 Å². The predicted octanol–water partition coefficient (Wildman–Crippen LogP) is 4.91. The van der Waals surface area contributed by atoms with Crippen LogP contribution < -0.4 is 4.90 Å². The summed E-state index contributed by atoms with van der Waals surface area (Å²) in [5.41, 5.74) is 3.68. The van der Waals surface area contributed by atoms with Gasteiger partial charge in [-0.05, 0) is 34.4 Å². The lowest BCUT2D eigenvalue weighted by Gasteiger charge is -2.21. The van der Waals surface area contributed by atoms with E-state index in [0.29, 0.717) is 0 Å². The number of nitrogens with zero attached hydrogens (tertiary/aromatic N) is 1. The standard InChI is InChI=1S/C23H18FNO4/c1-25(21-18(22(26)27)11-6-12-20(21)24)23(28)29-13-19-16-9-4-2-7-14(16)15-8-3-5-10-17(15)19/h2-12,19H,13H2,1H3,(H,26,27). The quantitative estimate of drug-likeness (QED) is 0.686. The van der Waals surface area contributed by atoms with E-state index in [-0.39, 0.29) is 23.8 Å². The normalized spacial score (nSPS) is 12.2. The van der Waals surface area contributed by atoms with Crippen LogP contribution in [-0.4, -0.2) is 30.8 Å². The Morgan fingerprint density at radius 3 is 2.14 bits per heavy atom. The average Bonchev–Trinajstić information content (AvgIpc) is 3.05. The van der Waals surface area contributed by atoms with Crippen molar-refractivity contribution in [3.8, 4) is 11.1 Å². The van der Waals surface area contributed by atoms with Gasteiger partial charge in [-0.25, -0.2) is 14.0 Å². The van der Waals surface area contributed by atoms with Crippen molar-refractivity contribution in [1.82, 2.24) is 0 Å². The highest BCUT2D eigenvalue weighted by Crippen LogP contribution is 2.44. The van der Waals surface area contributed by atoms with Gasteiger partial charge in [-0.2, -0.15) is 0 Å². The SMILES string of the molecule is CN(C(=O)OCC1c2ccccc2-c2ccccc21)c1c(F)cccc1C(=O)O. The molecular formula is C23H18FNO4. The minimum atomic E-state index is -1.32. The van der Waals surface area contributed by atoms with Crippen molar-refractivity contribution in [3.63, 3.8) is 0 Å². The number of amides is 1. The molecule has 3 aromatic rings. The Balaban J connectivity index is 1.58. The van der Waals surface area contributed by atoms with Crippen molar-refractivity contribution in [1.29, 1.82) is 0 Å². The topological polar surface area (TPSA) is 66.8 Å². The highest BCUT2D eigenvalue weighted by Gasteiger charge is 2.30. The maximum absolute atomic E-state index is 14.2. The monoisotopic (exact) mass is 391 g/mol. The minimum Gasteiger partial charge on any atom is -0.478 e. The van der Waals surface area contributed by atoms with Gasteiger partial charge in [0, 0.05) is 13.0 Å². The van der Waals surface area contributed by atoms with Crippen LogP contribution in [0.4, 0.5) is 14.9 Å². The van der Waals surface area contributed by atoms with Crippen LogP contribution in [0.25, 0.3) is 11.1 Å². The molecule has 0 spiro atoms. The Bertz CT molecular complexity index is 1070. The van der Waals surface area contributed by atoms with Crippen LogP contribution in [0.3, 0.4) is 0 Å². The number of carboxylic acid groups (broad SMARTS) is 1. The predicted molar refractivity (Wildman–Crippen MR) is 107 cm³/mol. The second kappa shape index (κ2) is 7.39. The maximum Gasteiger partial charge on any atom is 0.414 e. The summed E-state index contributed by atoms with van der Waals surface area (Å²) < 4.78 is 19.7. The summed E-state index contributed by atoms with van der Waals surface area (Å²) in [7, 11) is 1.30. The molecule has 6 heteroatoms. The van der Waals surface area contributed by atoms with E-state index < -0.39 is 17.9 Å². The van der Waals surface area contributed by atoms with Crippen LogP contribution >= 0.6 is 0 Å². The molecule has 0 aromatic heterocycles. The molecule has 0 aliphatic heterocycles. The van der Waals surface area contributed by atoms with Gasteiger partial charge in [-0.15, -0.1) is 0 Å². The molecule has 5 nitrogen and oxygen atoms in total. The van der Waals surface area contributed by atoms with E-state index in [4.69, 9.17) is 4.74 Å². The van der Waals surface area contributed by atoms with E-state index in [0.717, 1.165) is 33.2 Å². The smallest absolute Gasteiger partial charge is 0.414 e. The Morgan fingerprint density at radius 1 is 0.966 bits per heavy atom. The lowest BCUT2D eigenvalue weighted by Crippen LogP contribution is -2.30. The summed E-state index contributed by atoms with van der Waals surface area (Å²) in [6, 6.07) is 19.5. The lowest BCUT2D eigenvalue weighted by molar-refractivity contribution is 0.0697. The second-order valence-electron chi connectivity index (χ2n) is 6.80. The Morgan fingerprint density at radius 2 is 1.55 bits per heavy atom. The Kier molecular flexibility index (Phi) is 4.76. The molecule has 29 heavy (non-hydrogen) atoms. The van der Waals surface area contributed by atoms with Gasteiger partial charge in [0.25, 0.3) is 0 Å². The van der Waals surface area contributed by atoms with Crippen LogP contribution in [-0.2, 0) is 4.74 Å². The van der Waals surface area contributed by atoms with Crippen molar-refractivity contribution < 1.29 is 23.8 Å². The van der Waals surface area contributed by atoms with Crippen LogP contribution in [0.2, 0.25) is 0 Å². The van der Waals surface area contributed by atoms with Gasteiger partial charge < -0.3 is 9.84 Å². The number of benzene rings is 3. The number of halogens is 1. The van der Waals surface area contributed by atoms with E-state index in [9.17, 15) is 19.1 Å². The van der Waals surface area contributed by atoms with Gasteiger partial charge in [-0.3, -0.25) is 4.90 Å². The fourth-order valence-corrected chi connectivity index (χ4v) is 3.81. The zero-order chi connectivity index (χ0) is 20.5. The molecule has 1 N–H and O–H groups in total. The Labute approximate surface area is 167 Å². The van der Waals surface area contributed by atoms with Crippen LogP contribution in [0.1, 0.15) is 27.4 Å². The van der Waals surface area contributed by atoms with Gasteiger partial charge in [0.05, 0.1) is 11.3 Å². The number of hydrogen-bond acceptors (Lipinski definition) is 3. The summed E-state index contributed by atoms with van der Waals surface area (Å²) in [6.45, 7) is 0.0635. The lowest BCUT2D eigenvalue weighted by atomic mass is 9.98. The molecule has 1 amide bonds. The maximum atomic E-state index is 14.2. The molecule has 0 bridgehead atoms. The number of anilines is 1. The first-order chi connectivity index (χ1) is 14.0. The molecule has 1 aliphatic carbocycles. The number of ether oxygens (including phenoxy) is 1. The van der Waals surface area contributed by atoms with Crippen molar-refractivity contribution in [2.75, 3.05) is 18.6 Å². The first kappa shape index (κ1) is 18.7. The highest BCUT2D eigenvalue weighted by atomic mass is 19.1. The Hall–Kier alpha value is -3.67. The molecule has 1 aliphatic rings. The van der Waals surface area contributed by atoms with E-state index in [1.54, 1.807) is 0 Å². The molecule has 0 saturated heterocycles. The third-order valence-electron chi connectivity index (χ3n) is 5.16. The molecule has 0 heterocycles. The summed E-state index contributed by atoms with van der Waals surface area (Å²) >= 11 is 0. The number of carbonyl (C=O) groups excluding carboxylic acids is 1. The molecule has 3 aromatic carbocycles. The van der Waals surface area contributed by atoms with Crippen molar-refractivity contribution >= 4 is 17.7 Å². The third kappa shape index (κ3) is 3.23. The zero-order valence-electron chi connectivity index (χ0n) is 15.6. The number of hydrogen-bond donors (Lipinski definition) is 1. The van der Waals surface area contributed by atoms with Crippen LogP contribution in [0, 0.1) is 5.82 Å². The fraction of sp³-hybridized carbons (Fsp3) is 0.130.